The number of aliphatic hydroxyl groups excluding tert-OH is 1. The average molecular weight is 242 g/mol. The molecule has 0 bridgehead atoms. The van der Waals surface area contributed by atoms with Crippen molar-refractivity contribution in [1.29, 1.82) is 0 Å². The fourth-order valence-corrected chi connectivity index (χ4v) is 2.29. The molecule has 0 aromatic heterocycles. The van der Waals surface area contributed by atoms with Crippen molar-refractivity contribution in [2.24, 2.45) is 0 Å². The molecule has 1 aliphatic rings. The van der Waals surface area contributed by atoms with Crippen LogP contribution in [0.3, 0.4) is 0 Å². The lowest BCUT2D eigenvalue weighted by Gasteiger charge is -2.19. The highest BCUT2D eigenvalue weighted by atomic mass is 35.5. The van der Waals surface area contributed by atoms with Crippen LogP contribution >= 0.6 is 11.6 Å². The second kappa shape index (κ2) is 3.71. The molecule has 1 fully saturated rings. The first-order valence-electron chi connectivity index (χ1n) is 5.10. The number of nitrogens with zero attached hydrogens (tertiary/aromatic N) is 1. The molecule has 1 aliphatic carbocycles. The van der Waals surface area contributed by atoms with Gasteiger partial charge in [0.25, 0.3) is 5.69 Å². The maximum absolute atomic E-state index is 10.9. The van der Waals surface area contributed by atoms with Gasteiger partial charge in [0.05, 0.1) is 11.0 Å². The van der Waals surface area contributed by atoms with Gasteiger partial charge in [-0.2, -0.15) is 0 Å². The van der Waals surface area contributed by atoms with E-state index in [1.54, 1.807) is 13.0 Å². The summed E-state index contributed by atoms with van der Waals surface area (Å²) < 4.78 is 0. The molecule has 1 saturated carbocycles. The number of hydrogen-bond donors (Lipinski definition) is 1. The van der Waals surface area contributed by atoms with Crippen LogP contribution in [0.4, 0.5) is 5.69 Å². The molecule has 1 aromatic rings. The summed E-state index contributed by atoms with van der Waals surface area (Å²) in [6.45, 7) is 1.66. The van der Waals surface area contributed by atoms with Crippen LogP contribution in [-0.2, 0) is 5.41 Å². The quantitative estimate of drug-likeness (QED) is 0.654. The lowest BCUT2D eigenvalue weighted by atomic mass is 9.89. The van der Waals surface area contributed by atoms with Crippen LogP contribution in [0.5, 0.6) is 0 Å². The topological polar surface area (TPSA) is 63.4 Å². The number of aliphatic hydroxyl groups is 1. The Kier molecular flexibility index (Phi) is 2.64. The van der Waals surface area contributed by atoms with Crippen molar-refractivity contribution in [2.45, 2.75) is 31.3 Å². The van der Waals surface area contributed by atoms with E-state index in [1.165, 1.54) is 12.1 Å². The molecule has 2 rings (SSSR count). The van der Waals surface area contributed by atoms with Gasteiger partial charge < -0.3 is 5.11 Å². The molecular weight excluding hydrogens is 230 g/mol. The second-order valence-corrected chi connectivity index (χ2v) is 4.69. The molecule has 1 atom stereocenters. The third kappa shape index (κ3) is 1.68. The molecule has 5 heteroatoms. The summed E-state index contributed by atoms with van der Waals surface area (Å²) in [5.41, 5.74) is 0.135. The van der Waals surface area contributed by atoms with E-state index in [4.69, 9.17) is 11.6 Å². The third-order valence-corrected chi connectivity index (χ3v) is 3.52. The molecule has 16 heavy (non-hydrogen) atoms. The highest BCUT2D eigenvalue weighted by Crippen LogP contribution is 2.54. The Hall–Kier alpha value is -1.13. The van der Waals surface area contributed by atoms with Crippen LogP contribution in [0.25, 0.3) is 0 Å². The highest BCUT2D eigenvalue weighted by molar-refractivity contribution is 6.30. The SMILES string of the molecule is CC(O)C1(c2cc(Cl)ccc2[N+](=O)[O-])CC1. The molecule has 1 unspecified atom stereocenters. The number of halogens is 1. The van der Waals surface area contributed by atoms with Crippen molar-refractivity contribution in [3.05, 3.63) is 38.9 Å². The normalized spacial score (nSPS) is 19.2. The number of benzene rings is 1. The van der Waals surface area contributed by atoms with Gasteiger partial charge in [0.1, 0.15) is 0 Å². The molecular formula is C11H12ClNO3. The Morgan fingerprint density at radius 1 is 1.56 bits per heavy atom. The van der Waals surface area contributed by atoms with E-state index < -0.39 is 16.4 Å². The summed E-state index contributed by atoms with van der Waals surface area (Å²) >= 11 is 5.86. The molecule has 0 radical (unpaired) electrons. The van der Waals surface area contributed by atoms with Gasteiger partial charge in [0, 0.05) is 22.1 Å². The minimum atomic E-state index is -0.593. The molecule has 4 nitrogen and oxygen atoms in total. The largest absolute Gasteiger partial charge is 0.392 e. The summed E-state index contributed by atoms with van der Waals surface area (Å²) in [7, 11) is 0. The predicted octanol–water partition coefficient (Wildman–Crippen LogP) is 2.66. The summed E-state index contributed by atoms with van der Waals surface area (Å²) in [5.74, 6) is 0. The monoisotopic (exact) mass is 241 g/mol. The van der Waals surface area contributed by atoms with Crippen LogP contribution in [0.15, 0.2) is 18.2 Å². The minimum absolute atomic E-state index is 0.0443. The fourth-order valence-electron chi connectivity index (χ4n) is 2.11. The maximum atomic E-state index is 10.9. The predicted molar refractivity (Wildman–Crippen MR) is 60.7 cm³/mol. The van der Waals surface area contributed by atoms with Crippen LogP contribution in [-0.4, -0.2) is 16.1 Å². The minimum Gasteiger partial charge on any atom is -0.392 e. The second-order valence-electron chi connectivity index (χ2n) is 4.25. The van der Waals surface area contributed by atoms with Gasteiger partial charge in [0.2, 0.25) is 0 Å². The molecule has 0 amide bonds. The highest BCUT2D eigenvalue weighted by Gasteiger charge is 2.51. The van der Waals surface area contributed by atoms with E-state index in [9.17, 15) is 15.2 Å². The fraction of sp³-hybridized carbons (Fsp3) is 0.455. The van der Waals surface area contributed by atoms with Gasteiger partial charge in [-0.05, 0) is 31.9 Å². The van der Waals surface area contributed by atoms with E-state index >= 15 is 0 Å². The van der Waals surface area contributed by atoms with Gasteiger partial charge in [0.15, 0.2) is 0 Å². The first-order valence-corrected chi connectivity index (χ1v) is 5.48. The van der Waals surface area contributed by atoms with Crippen LogP contribution in [0, 0.1) is 10.1 Å². The summed E-state index contributed by atoms with van der Waals surface area (Å²) in [6, 6.07) is 4.50. The van der Waals surface area contributed by atoms with Gasteiger partial charge in [-0.1, -0.05) is 11.6 Å². The van der Waals surface area contributed by atoms with Crippen molar-refractivity contribution < 1.29 is 10.0 Å². The Morgan fingerprint density at radius 3 is 2.62 bits per heavy atom. The number of nitro groups is 1. The van der Waals surface area contributed by atoms with Crippen molar-refractivity contribution in [3.63, 3.8) is 0 Å². The molecule has 1 N–H and O–H groups in total. The van der Waals surface area contributed by atoms with E-state index in [0.29, 0.717) is 10.6 Å². The molecule has 86 valence electrons. The van der Waals surface area contributed by atoms with Crippen LogP contribution < -0.4 is 0 Å². The Balaban J connectivity index is 2.54. The Labute approximate surface area is 98.0 Å². The van der Waals surface area contributed by atoms with Crippen molar-refractivity contribution in [3.8, 4) is 0 Å². The van der Waals surface area contributed by atoms with Crippen LogP contribution in [0.2, 0.25) is 5.02 Å². The number of hydrogen-bond acceptors (Lipinski definition) is 3. The summed E-state index contributed by atoms with van der Waals surface area (Å²) in [5, 5.41) is 21.1. The zero-order valence-electron chi connectivity index (χ0n) is 8.81. The van der Waals surface area contributed by atoms with Crippen molar-refractivity contribution >= 4 is 17.3 Å². The maximum Gasteiger partial charge on any atom is 0.273 e. The molecule has 0 saturated heterocycles. The van der Waals surface area contributed by atoms with Crippen LogP contribution in [0.1, 0.15) is 25.3 Å². The van der Waals surface area contributed by atoms with Crippen molar-refractivity contribution in [2.75, 3.05) is 0 Å². The summed E-state index contributed by atoms with van der Waals surface area (Å²) in [4.78, 5) is 10.5. The zero-order valence-corrected chi connectivity index (χ0v) is 9.57. The number of nitro benzene ring substituents is 1. The first kappa shape index (κ1) is 11.4. The van der Waals surface area contributed by atoms with Gasteiger partial charge in [-0.3, -0.25) is 10.1 Å². The van der Waals surface area contributed by atoms with Gasteiger partial charge >= 0.3 is 0 Å². The van der Waals surface area contributed by atoms with E-state index in [-0.39, 0.29) is 5.69 Å². The van der Waals surface area contributed by atoms with E-state index in [1.807, 2.05) is 0 Å². The van der Waals surface area contributed by atoms with Gasteiger partial charge in [-0.25, -0.2) is 0 Å². The molecule has 0 heterocycles. The molecule has 1 aromatic carbocycles. The lowest BCUT2D eigenvalue weighted by Crippen LogP contribution is -2.23. The Morgan fingerprint density at radius 2 is 2.19 bits per heavy atom. The molecule has 0 aliphatic heterocycles. The van der Waals surface area contributed by atoms with E-state index in [0.717, 1.165) is 12.8 Å². The first-order chi connectivity index (χ1) is 7.47. The summed E-state index contributed by atoms with van der Waals surface area (Å²) in [6.07, 6.45) is 0.946. The Bertz CT molecular complexity index is 441. The smallest absolute Gasteiger partial charge is 0.273 e. The number of rotatable bonds is 3. The third-order valence-electron chi connectivity index (χ3n) is 3.28. The van der Waals surface area contributed by atoms with Gasteiger partial charge in [-0.15, -0.1) is 0 Å². The average Bonchev–Trinajstić information content (AvgIpc) is 2.97. The standard InChI is InChI=1S/C11H12ClNO3/c1-7(14)11(4-5-11)9-6-8(12)2-3-10(9)13(15)16/h2-3,6-7,14H,4-5H2,1H3. The van der Waals surface area contributed by atoms with Crippen molar-refractivity contribution in [1.82, 2.24) is 0 Å². The lowest BCUT2D eigenvalue weighted by molar-refractivity contribution is -0.386. The molecule has 0 spiro atoms. The van der Waals surface area contributed by atoms with E-state index in [2.05, 4.69) is 0 Å². The zero-order chi connectivity index (χ0) is 11.9.